The second-order valence-corrected chi connectivity index (χ2v) is 5.18. The van der Waals surface area contributed by atoms with E-state index in [1.165, 1.54) is 16.3 Å². The summed E-state index contributed by atoms with van der Waals surface area (Å²) in [7, 11) is 0. The number of para-hydroxylation sites is 1. The third kappa shape index (κ3) is 2.23. The molecule has 3 nitrogen and oxygen atoms in total. The van der Waals surface area contributed by atoms with Gasteiger partial charge in [-0.25, -0.2) is 14.4 Å². The van der Waals surface area contributed by atoms with Crippen molar-refractivity contribution in [3.63, 3.8) is 0 Å². The lowest BCUT2D eigenvalue weighted by Crippen LogP contribution is -2.06. The Morgan fingerprint density at radius 3 is 2.70 bits per heavy atom. The zero-order valence-electron chi connectivity index (χ0n) is 10.1. The summed E-state index contributed by atoms with van der Waals surface area (Å²) in [6, 6.07) is 12.3. The van der Waals surface area contributed by atoms with Crippen LogP contribution >= 0.6 is 27.7 Å². The van der Waals surface area contributed by atoms with Crippen molar-refractivity contribution < 1.29 is 4.39 Å². The van der Waals surface area contributed by atoms with Crippen molar-refractivity contribution in [2.24, 2.45) is 0 Å². The van der Waals surface area contributed by atoms with Gasteiger partial charge in [0.2, 0.25) is 0 Å². The number of anilines is 2. The minimum Gasteiger partial charge on any atom is -0.257 e. The van der Waals surface area contributed by atoms with E-state index in [1.54, 1.807) is 12.1 Å². The number of hydrogen-bond acceptors (Lipinski definition) is 3. The molecule has 0 unspecified atom stereocenters. The van der Waals surface area contributed by atoms with Crippen LogP contribution in [0.15, 0.2) is 48.8 Å². The summed E-state index contributed by atoms with van der Waals surface area (Å²) in [5.41, 5.74) is 1.07. The van der Waals surface area contributed by atoms with Crippen molar-refractivity contribution in [3.05, 3.63) is 59.6 Å². The number of aromatic nitrogens is 2. The van der Waals surface area contributed by atoms with Crippen LogP contribution in [0.2, 0.25) is 5.02 Å². The summed E-state index contributed by atoms with van der Waals surface area (Å²) in [6.45, 7) is 0. The highest BCUT2D eigenvalue weighted by Crippen LogP contribution is 2.35. The van der Waals surface area contributed by atoms with Crippen molar-refractivity contribution in [2.45, 2.75) is 0 Å². The molecule has 0 spiro atoms. The average Bonchev–Trinajstić information content (AvgIpc) is 2.49. The Kier molecular flexibility index (Phi) is 3.54. The maximum Gasteiger partial charge on any atom is 0.166 e. The van der Waals surface area contributed by atoms with Crippen LogP contribution in [0, 0.1) is 5.82 Å². The predicted octanol–water partition coefficient (Wildman–Crippen LogP) is 4.87. The van der Waals surface area contributed by atoms with Crippen molar-refractivity contribution in [2.75, 3.05) is 3.93 Å². The number of nitrogens with zero attached hydrogens (tertiary/aromatic N) is 3. The van der Waals surface area contributed by atoms with Gasteiger partial charge in [0, 0.05) is 5.39 Å². The molecule has 100 valence electrons. The summed E-state index contributed by atoms with van der Waals surface area (Å²) >= 11 is 9.15. The van der Waals surface area contributed by atoms with Gasteiger partial charge in [-0.15, -0.1) is 0 Å². The number of halogens is 3. The minimum atomic E-state index is -0.506. The van der Waals surface area contributed by atoms with E-state index in [0.29, 0.717) is 11.5 Å². The van der Waals surface area contributed by atoms with Crippen LogP contribution in [-0.4, -0.2) is 9.97 Å². The zero-order valence-corrected chi connectivity index (χ0v) is 12.4. The molecule has 0 fully saturated rings. The van der Waals surface area contributed by atoms with E-state index in [1.807, 2.05) is 24.3 Å². The number of rotatable bonds is 2. The van der Waals surface area contributed by atoms with E-state index >= 15 is 0 Å². The van der Waals surface area contributed by atoms with E-state index in [-0.39, 0.29) is 5.02 Å². The second-order valence-electron chi connectivity index (χ2n) is 4.07. The minimum absolute atomic E-state index is 0.0605. The molecule has 3 aromatic rings. The molecule has 0 bridgehead atoms. The molecule has 0 saturated carbocycles. The van der Waals surface area contributed by atoms with Crippen LogP contribution in [0.5, 0.6) is 0 Å². The van der Waals surface area contributed by atoms with Crippen LogP contribution in [-0.2, 0) is 0 Å². The highest BCUT2D eigenvalue weighted by atomic mass is 79.9. The second kappa shape index (κ2) is 5.34. The Hall–Kier alpha value is -1.72. The first-order chi connectivity index (χ1) is 9.68. The topological polar surface area (TPSA) is 29.0 Å². The van der Waals surface area contributed by atoms with Crippen molar-refractivity contribution in [1.82, 2.24) is 9.97 Å². The Bertz CT molecular complexity index is 776. The Balaban J connectivity index is 2.18. The first kappa shape index (κ1) is 13.3. The smallest absolute Gasteiger partial charge is 0.166 e. The third-order valence-corrected chi connectivity index (χ3v) is 3.86. The van der Waals surface area contributed by atoms with Gasteiger partial charge in [0.1, 0.15) is 6.33 Å². The molecule has 0 aliphatic carbocycles. The van der Waals surface area contributed by atoms with Crippen LogP contribution < -0.4 is 3.93 Å². The van der Waals surface area contributed by atoms with E-state index in [9.17, 15) is 4.39 Å². The Morgan fingerprint density at radius 1 is 1.05 bits per heavy atom. The molecule has 0 saturated heterocycles. The Morgan fingerprint density at radius 2 is 1.85 bits per heavy atom. The molecular weight excluding hydrogens is 345 g/mol. The van der Waals surface area contributed by atoms with E-state index < -0.39 is 5.82 Å². The number of fused-ring (bicyclic) bond motifs is 1. The summed E-state index contributed by atoms with van der Waals surface area (Å²) in [6.07, 6.45) is 1.44. The van der Waals surface area contributed by atoms with Gasteiger partial charge in [0.05, 0.1) is 32.4 Å². The fraction of sp³-hybridized carbons (Fsp3) is 0. The fourth-order valence-electron chi connectivity index (χ4n) is 1.91. The number of benzene rings is 2. The van der Waals surface area contributed by atoms with E-state index in [2.05, 4.69) is 26.1 Å². The normalized spacial score (nSPS) is 10.8. The zero-order chi connectivity index (χ0) is 14.1. The molecule has 1 aromatic heterocycles. The van der Waals surface area contributed by atoms with Gasteiger partial charge >= 0.3 is 0 Å². The third-order valence-electron chi connectivity index (χ3n) is 2.85. The SMILES string of the molecule is Fc1c(Cl)cccc1N(Br)c1ncnc2ccccc12. The molecule has 6 heteroatoms. The molecule has 0 aliphatic heterocycles. The van der Waals surface area contributed by atoms with Gasteiger partial charge in [-0.05, 0) is 24.3 Å². The van der Waals surface area contributed by atoms with E-state index in [0.717, 1.165) is 10.9 Å². The average molecular weight is 353 g/mol. The molecule has 0 aliphatic rings. The monoisotopic (exact) mass is 351 g/mol. The van der Waals surface area contributed by atoms with Gasteiger partial charge in [0.15, 0.2) is 11.6 Å². The van der Waals surface area contributed by atoms with Crippen LogP contribution in [0.1, 0.15) is 0 Å². The molecule has 0 N–H and O–H groups in total. The van der Waals surface area contributed by atoms with Crippen molar-refractivity contribution in [1.29, 1.82) is 0 Å². The first-order valence-corrected chi connectivity index (χ1v) is 6.87. The van der Waals surface area contributed by atoms with Crippen LogP contribution in [0.3, 0.4) is 0 Å². The Labute approximate surface area is 128 Å². The molecule has 1 heterocycles. The highest BCUT2D eigenvalue weighted by molar-refractivity contribution is 9.10. The maximum absolute atomic E-state index is 14.1. The van der Waals surface area contributed by atoms with Crippen molar-refractivity contribution in [3.8, 4) is 0 Å². The first-order valence-electron chi connectivity index (χ1n) is 5.78. The van der Waals surface area contributed by atoms with Gasteiger partial charge in [-0.3, -0.25) is 3.93 Å². The molecule has 0 radical (unpaired) electrons. The fourth-order valence-corrected chi connectivity index (χ4v) is 2.63. The van der Waals surface area contributed by atoms with Gasteiger partial charge in [-0.2, -0.15) is 0 Å². The van der Waals surface area contributed by atoms with Gasteiger partial charge in [0.25, 0.3) is 0 Å². The molecule has 3 rings (SSSR count). The lowest BCUT2D eigenvalue weighted by Gasteiger charge is -2.18. The summed E-state index contributed by atoms with van der Waals surface area (Å²) < 4.78 is 15.6. The lowest BCUT2D eigenvalue weighted by atomic mass is 10.2. The lowest BCUT2D eigenvalue weighted by molar-refractivity contribution is 0.630. The maximum atomic E-state index is 14.1. The standard InChI is InChI=1S/C14H8BrClFN3/c15-20(12-7-3-5-10(16)13(12)17)14-9-4-1-2-6-11(9)18-8-19-14/h1-8H. The van der Waals surface area contributed by atoms with Crippen LogP contribution in [0.4, 0.5) is 15.9 Å². The molecular formula is C14H8BrClFN3. The molecule has 20 heavy (non-hydrogen) atoms. The molecule has 0 amide bonds. The quantitative estimate of drug-likeness (QED) is 0.616. The summed E-state index contributed by atoms with van der Waals surface area (Å²) in [5, 5.41) is 0.872. The molecule has 2 aromatic carbocycles. The number of hydrogen-bond donors (Lipinski definition) is 0. The highest BCUT2D eigenvalue weighted by Gasteiger charge is 2.16. The summed E-state index contributed by atoms with van der Waals surface area (Å²) in [5.74, 6) is 0.0468. The van der Waals surface area contributed by atoms with E-state index in [4.69, 9.17) is 11.6 Å². The van der Waals surface area contributed by atoms with Crippen molar-refractivity contribution >= 4 is 50.2 Å². The van der Waals surface area contributed by atoms with Gasteiger partial charge < -0.3 is 0 Å². The summed E-state index contributed by atoms with van der Waals surface area (Å²) in [4.78, 5) is 8.39. The largest absolute Gasteiger partial charge is 0.257 e. The van der Waals surface area contributed by atoms with Gasteiger partial charge in [-0.1, -0.05) is 29.8 Å². The molecule has 0 atom stereocenters. The van der Waals surface area contributed by atoms with Crippen LogP contribution in [0.25, 0.3) is 10.9 Å². The predicted molar refractivity (Wildman–Crippen MR) is 82.0 cm³/mol.